The SMILES string of the molecule is Cn1[nH]c2nc(Nc3cccc(C(F)(F)F)n3)cc(Nc3ccccc3[S+](C)[O-])c2c1=O. The first-order valence-electron chi connectivity index (χ1n) is 9.24. The van der Waals surface area contributed by atoms with Crippen molar-refractivity contribution < 1.29 is 17.7 Å². The first-order valence-corrected chi connectivity index (χ1v) is 10.8. The molecule has 3 N–H and O–H groups in total. The van der Waals surface area contributed by atoms with Crippen LogP contribution < -0.4 is 16.2 Å². The molecule has 3 heterocycles. The van der Waals surface area contributed by atoms with Crippen molar-refractivity contribution in [3.05, 3.63) is 64.6 Å². The zero-order valence-electron chi connectivity index (χ0n) is 16.8. The van der Waals surface area contributed by atoms with Gasteiger partial charge < -0.3 is 15.2 Å². The Morgan fingerprint density at radius 1 is 1.03 bits per heavy atom. The van der Waals surface area contributed by atoms with Crippen molar-refractivity contribution in [2.45, 2.75) is 11.1 Å². The fourth-order valence-corrected chi connectivity index (χ4v) is 3.84. The van der Waals surface area contributed by atoms with Gasteiger partial charge in [-0.15, -0.1) is 0 Å². The van der Waals surface area contributed by atoms with Gasteiger partial charge in [-0.1, -0.05) is 18.2 Å². The third-order valence-corrected chi connectivity index (χ3v) is 5.55. The first kappa shape index (κ1) is 21.7. The highest BCUT2D eigenvalue weighted by atomic mass is 32.2. The fraction of sp³-hybridized carbons (Fsp3) is 0.150. The predicted molar refractivity (Wildman–Crippen MR) is 116 cm³/mol. The highest BCUT2D eigenvalue weighted by molar-refractivity contribution is 7.90. The van der Waals surface area contributed by atoms with E-state index in [0.29, 0.717) is 16.3 Å². The van der Waals surface area contributed by atoms with Crippen molar-refractivity contribution in [3.63, 3.8) is 0 Å². The minimum atomic E-state index is -4.59. The molecule has 0 bridgehead atoms. The van der Waals surface area contributed by atoms with Crippen molar-refractivity contribution >= 4 is 45.2 Å². The lowest BCUT2D eigenvalue weighted by atomic mass is 10.2. The van der Waals surface area contributed by atoms with Crippen molar-refractivity contribution in [3.8, 4) is 0 Å². The minimum Gasteiger partial charge on any atom is -0.612 e. The third-order valence-electron chi connectivity index (χ3n) is 4.57. The van der Waals surface area contributed by atoms with Crippen LogP contribution in [0.25, 0.3) is 11.0 Å². The number of hydrogen-bond donors (Lipinski definition) is 3. The molecule has 3 aromatic heterocycles. The summed E-state index contributed by atoms with van der Waals surface area (Å²) in [6.07, 6.45) is -3.06. The molecule has 0 aliphatic carbocycles. The molecule has 0 spiro atoms. The van der Waals surface area contributed by atoms with Crippen LogP contribution in [0.4, 0.5) is 36.2 Å². The molecule has 0 aliphatic heterocycles. The van der Waals surface area contributed by atoms with Gasteiger partial charge in [-0.05, 0) is 35.4 Å². The normalized spacial score (nSPS) is 12.7. The number of halogens is 3. The Balaban J connectivity index is 1.79. The molecule has 0 saturated heterocycles. The van der Waals surface area contributed by atoms with Gasteiger partial charge in [0.1, 0.15) is 29.0 Å². The second-order valence-corrected chi connectivity index (χ2v) is 8.21. The summed E-state index contributed by atoms with van der Waals surface area (Å²) in [5.74, 6) is 0.0924. The molecular formula is C20H17F3N6O2S. The van der Waals surface area contributed by atoms with Crippen LogP contribution in [0.15, 0.2) is 58.2 Å². The van der Waals surface area contributed by atoms with Gasteiger partial charge >= 0.3 is 6.18 Å². The Bertz CT molecular complexity index is 1350. The summed E-state index contributed by atoms with van der Waals surface area (Å²) in [6.45, 7) is 0. The molecule has 166 valence electrons. The summed E-state index contributed by atoms with van der Waals surface area (Å²) in [6, 6.07) is 11.8. The maximum absolute atomic E-state index is 13.0. The molecule has 0 fully saturated rings. The molecule has 0 aliphatic rings. The highest BCUT2D eigenvalue weighted by Crippen LogP contribution is 2.31. The number of benzene rings is 1. The summed E-state index contributed by atoms with van der Waals surface area (Å²) in [4.78, 5) is 21.0. The molecule has 4 aromatic rings. The van der Waals surface area contributed by atoms with Crippen LogP contribution in [-0.4, -0.2) is 30.6 Å². The smallest absolute Gasteiger partial charge is 0.433 e. The van der Waals surface area contributed by atoms with Crippen molar-refractivity contribution in [2.75, 3.05) is 16.9 Å². The molecule has 12 heteroatoms. The zero-order chi connectivity index (χ0) is 23.0. The first-order chi connectivity index (χ1) is 15.1. The fourth-order valence-electron chi connectivity index (χ4n) is 3.14. The lowest BCUT2D eigenvalue weighted by Gasteiger charge is -2.14. The Labute approximate surface area is 182 Å². The number of aryl methyl sites for hydroxylation is 1. The number of hydrogen-bond acceptors (Lipinski definition) is 6. The number of nitrogens with one attached hydrogen (secondary N) is 3. The number of anilines is 4. The van der Waals surface area contributed by atoms with E-state index >= 15 is 0 Å². The lowest BCUT2D eigenvalue weighted by molar-refractivity contribution is -0.141. The highest BCUT2D eigenvalue weighted by Gasteiger charge is 2.32. The molecule has 8 nitrogen and oxygen atoms in total. The van der Waals surface area contributed by atoms with E-state index in [1.807, 2.05) is 0 Å². The van der Waals surface area contributed by atoms with Crippen molar-refractivity contribution in [2.24, 2.45) is 7.05 Å². The van der Waals surface area contributed by atoms with E-state index in [1.54, 1.807) is 24.3 Å². The Kier molecular flexibility index (Phi) is 5.57. The van der Waals surface area contributed by atoms with Gasteiger partial charge in [-0.25, -0.2) is 9.97 Å². The zero-order valence-corrected chi connectivity index (χ0v) is 17.6. The van der Waals surface area contributed by atoms with E-state index in [2.05, 4.69) is 25.7 Å². The maximum Gasteiger partial charge on any atom is 0.433 e. The van der Waals surface area contributed by atoms with Gasteiger partial charge in [0.15, 0.2) is 10.5 Å². The van der Waals surface area contributed by atoms with E-state index in [9.17, 15) is 22.5 Å². The van der Waals surface area contributed by atoms with Crippen LogP contribution in [0.1, 0.15) is 5.69 Å². The van der Waals surface area contributed by atoms with Gasteiger partial charge in [0.2, 0.25) is 0 Å². The van der Waals surface area contributed by atoms with Crippen LogP contribution in [-0.2, 0) is 24.4 Å². The van der Waals surface area contributed by atoms with Crippen LogP contribution in [0.3, 0.4) is 0 Å². The van der Waals surface area contributed by atoms with E-state index in [-0.39, 0.29) is 28.2 Å². The number of fused-ring (bicyclic) bond motifs is 1. The molecule has 0 radical (unpaired) electrons. The standard InChI is InChI=1S/C20H17F3N6O2S/c1-29-19(30)17-12(24-11-6-3-4-7-13(11)32(2)31)10-16(27-18(17)28-29)26-15-9-5-8-14(25-15)20(21,22)23/h3-10H,1-2H3,(H3,24,25,26,27,28). The summed E-state index contributed by atoms with van der Waals surface area (Å²) < 4.78 is 52.3. The molecule has 1 unspecified atom stereocenters. The number of para-hydroxylation sites is 1. The number of rotatable bonds is 5. The van der Waals surface area contributed by atoms with E-state index in [1.165, 1.54) is 36.2 Å². The largest absolute Gasteiger partial charge is 0.612 e. The van der Waals surface area contributed by atoms with Crippen LogP contribution in [0.5, 0.6) is 0 Å². The van der Waals surface area contributed by atoms with Gasteiger partial charge in [-0.3, -0.25) is 14.6 Å². The summed E-state index contributed by atoms with van der Waals surface area (Å²) in [5, 5.41) is 8.90. The monoisotopic (exact) mass is 462 g/mol. The predicted octanol–water partition coefficient (Wildman–Crippen LogP) is 3.90. The summed E-state index contributed by atoms with van der Waals surface area (Å²) in [5.41, 5.74) is -0.327. The quantitative estimate of drug-likeness (QED) is 0.388. The number of pyridine rings is 2. The molecule has 0 amide bonds. The average molecular weight is 462 g/mol. The lowest BCUT2D eigenvalue weighted by Crippen LogP contribution is -2.12. The molecule has 0 saturated carbocycles. The van der Waals surface area contributed by atoms with Crippen LogP contribution in [0.2, 0.25) is 0 Å². The average Bonchev–Trinajstić information content (AvgIpc) is 3.01. The molecule has 1 aromatic carbocycles. The Hall–Kier alpha value is -3.51. The number of aromatic amines is 1. The van der Waals surface area contributed by atoms with Gasteiger partial charge in [0.05, 0.1) is 11.4 Å². The second-order valence-electron chi connectivity index (χ2n) is 6.86. The molecule has 32 heavy (non-hydrogen) atoms. The van der Waals surface area contributed by atoms with Gasteiger partial charge in [0.25, 0.3) is 5.56 Å². The van der Waals surface area contributed by atoms with Crippen molar-refractivity contribution in [1.29, 1.82) is 0 Å². The third kappa shape index (κ3) is 4.27. The van der Waals surface area contributed by atoms with E-state index in [4.69, 9.17) is 0 Å². The second kappa shape index (κ2) is 8.20. The minimum absolute atomic E-state index is 0.0639. The Morgan fingerprint density at radius 2 is 1.78 bits per heavy atom. The molecule has 1 atom stereocenters. The number of H-pyrrole nitrogens is 1. The van der Waals surface area contributed by atoms with E-state index in [0.717, 1.165) is 6.07 Å². The van der Waals surface area contributed by atoms with Crippen LogP contribution in [0, 0.1) is 0 Å². The van der Waals surface area contributed by atoms with Gasteiger partial charge in [-0.2, -0.15) is 13.2 Å². The Morgan fingerprint density at radius 3 is 2.50 bits per heavy atom. The van der Waals surface area contributed by atoms with Crippen LogP contribution >= 0.6 is 0 Å². The van der Waals surface area contributed by atoms with Gasteiger partial charge in [0, 0.05) is 13.1 Å². The number of nitrogens with zero attached hydrogens (tertiary/aromatic N) is 3. The number of aromatic nitrogens is 4. The van der Waals surface area contributed by atoms with Crippen molar-refractivity contribution in [1.82, 2.24) is 19.7 Å². The molecular weight excluding hydrogens is 445 g/mol. The summed E-state index contributed by atoms with van der Waals surface area (Å²) >= 11 is -1.30. The topological polar surface area (TPSA) is 111 Å². The van der Waals surface area contributed by atoms with E-state index < -0.39 is 23.0 Å². The number of alkyl halides is 3. The summed E-state index contributed by atoms with van der Waals surface area (Å²) in [7, 11) is 1.52. The maximum atomic E-state index is 13.0. The molecule has 4 rings (SSSR count).